The van der Waals surface area contributed by atoms with Crippen molar-refractivity contribution < 1.29 is 24.2 Å². The zero-order valence-corrected chi connectivity index (χ0v) is 12.6. The van der Waals surface area contributed by atoms with Crippen molar-refractivity contribution in [3.8, 4) is 0 Å². The van der Waals surface area contributed by atoms with Crippen molar-refractivity contribution in [2.45, 2.75) is 51.4 Å². The lowest BCUT2D eigenvalue weighted by molar-refractivity contribution is -0.149. The molecular weight excluding hydrogens is 278 g/mol. The second-order valence-electron chi connectivity index (χ2n) is 6.02. The van der Waals surface area contributed by atoms with Crippen LogP contribution in [0.4, 0.5) is 4.79 Å². The number of carbonyl (C=O) groups excluding carboxylic acids is 2. The number of aliphatic carboxylic acids is 1. The Labute approximate surface area is 123 Å². The number of ether oxygens (including phenoxy) is 1. The van der Waals surface area contributed by atoms with Gasteiger partial charge in [-0.05, 0) is 33.6 Å². The van der Waals surface area contributed by atoms with E-state index < -0.39 is 18.1 Å². The number of nitrogens with one attached hydrogen (secondary N) is 3. The van der Waals surface area contributed by atoms with E-state index in [0.29, 0.717) is 12.8 Å². The number of carbonyl (C=O) groups is 3. The number of hydrogen-bond acceptors (Lipinski definition) is 4. The summed E-state index contributed by atoms with van der Waals surface area (Å²) in [6.07, 6.45) is -0.0725. The molecule has 1 rings (SSSR count). The predicted octanol–water partition coefficient (Wildman–Crippen LogP) is -0.167. The van der Waals surface area contributed by atoms with Gasteiger partial charge in [-0.3, -0.25) is 4.79 Å². The maximum absolute atomic E-state index is 11.5. The molecule has 2 unspecified atom stereocenters. The third kappa shape index (κ3) is 6.94. The van der Waals surface area contributed by atoms with E-state index in [-0.39, 0.29) is 30.6 Å². The molecule has 1 aliphatic heterocycles. The van der Waals surface area contributed by atoms with Gasteiger partial charge in [-0.1, -0.05) is 0 Å². The van der Waals surface area contributed by atoms with Crippen LogP contribution in [0.2, 0.25) is 0 Å². The average molecular weight is 301 g/mol. The molecule has 1 fully saturated rings. The van der Waals surface area contributed by atoms with Crippen molar-refractivity contribution in [1.82, 2.24) is 16.0 Å². The summed E-state index contributed by atoms with van der Waals surface area (Å²) in [7, 11) is 0. The highest BCUT2D eigenvalue weighted by molar-refractivity contribution is 5.84. The number of urea groups is 1. The zero-order chi connectivity index (χ0) is 16.0. The van der Waals surface area contributed by atoms with Gasteiger partial charge in [-0.25, -0.2) is 9.59 Å². The van der Waals surface area contributed by atoms with Crippen LogP contribution in [0.1, 0.15) is 33.6 Å². The Bertz CT molecular complexity index is 405. The van der Waals surface area contributed by atoms with Crippen LogP contribution in [0.3, 0.4) is 0 Å². The van der Waals surface area contributed by atoms with Crippen molar-refractivity contribution in [3.05, 3.63) is 0 Å². The van der Waals surface area contributed by atoms with Crippen molar-refractivity contribution in [2.75, 3.05) is 13.1 Å². The molecule has 1 heterocycles. The van der Waals surface area contributed by atoms with E-state index in [1.807, 2.05) is 20.8 Å². The van der Waals surface area contributed by atoms with E-state index >= 15 is 0 Å². The Kier molecular flexibility index (Phi) is 5.95. The lowest BCUT2D eigenvalue weighted by atomic mass is 10.1. The Morgan fingerprint density at radius 3 is 2.38 bits per heavy atom. The van der Waals surface area contributed by atoms with Gasteiger partial charge >= 0.3 is 12.0 Å². The molecule has 2 atom stereocenters. The fourth-order valence-corrected chi connectivity index (χ4v) is 1.93. The van der Waals surface area contributed by atoms with Crippen molar-refractivity contribution in [3.63, 3.8) is 0 Å². The molecule has 4 N–H and O–H groups in total. The fourth-order valence-electron chi connectivity index (χ4n) is 1.93. The molecule has 21 heavy (non-hydrogen) atoms. The largest absolute Gasteiger partial charge is 0.479 e. The molecule has 0 aromatic rings. The summed E-state index contributed by atoms with van der Waals surface area (Å²) >= 11 is 0. The minimum Gasteiger partial charge on any atom is -0.479 e. The van der Waals surface area contributed by atoms with E-state index in [1.165, 1.54) is 0 Å². The highest BCUT2D eigenvalue weighted by Gasteiger charge is 2.30. The van der Waals surface area contributed by atoms with Crippen LogP contribution in [0.5, 0.6) is 0 Å². The molecule has 0 aromatic heterocycles. The van der Waals surface area contributed by atoms with E-state index in [2.05, 4.69) is 16.0 Å². The number of carboxylic acid groups (broad SMARTS) is 1. The first-order valence-electron chi connectivity index (χ1n) is 6.88. The second kappa shape index (κ2) is 7.26. The highest BCUT2D eigenvalue weighted by atomic mass is 16.5. The molecule has 0 spiro atoms. The van der Waals surface area contributed by atoms with Gasteiger partial charge in [-0.15, -0.1) is 0 Å². The topological polar surface area (TPSA) is 117 Å². The first-order valence-corrected chi connectivity index (χ1v) is 6.88. The maximum atomic E-state index is 11.5. The van der Waals surface area contributed by atoms with Gasteiger partial charge in [-0.2, -0.15) is 0 Å². The second-order valence-corrected chi connectivity index (χ2v) is 6.02. The number of carboxylic acids is 1. The summed E-state index contributed by atoms with van der Waals surface area (Å²) < 4.78 is 5.24. The molecule has 0 radical (unpaired) electrons. The van der Waals surface area contributed by atoms with Crippen molar-refractivity contribution in [2.24, 2.45) is 0 Å². The van der Waals surface area contributed by atoms with Crippen LogP contribution in [0, 0.1) is 0 Å². The summed E-state index contributed by atoms with van der Waals surface area (Å²) in [4.78, 5) is 33.7. The molecular formula is C13H23N3O5. The molecule has 8 nitrogen and oxygen atoms in total. The maximum Gasteiger partial charge on any atom is 0.332 e. The Hall–Kier alpha value is -1.83. The van der Waals surface area contributed by atoms with Crippen LogP contribution in [0.25, 0.3) is 0 Å². The Morgan fingerprint density at radius 1 is 1.19 bits per heavy atom. The van der Waals surface area contributed by atoms with Crippen LogP contribution >= 0.6 is 0 Å². The normalized spacial score (nSPS) is 21.7. The molecule has 0 aromatic carbocycles. The van der Waals surface area contributed by atoms with Gasteiger partial charge in [0.15, 0.2) is 6.10 Å². The minimum atomic E-state index is -0.985. The third-order valence-corrected chi connectivity index (χ3v) is 2.80. The fraction of sp³-hybridized carbons (Fsp3) is 0.769. The molecule has 120 valence electrons. The SMILES string of the molecule is CC(C)(C)NC(=O)CNC(=O)NCC1CCC(C(=O)O)O1. The van der Waals surface area contributed by atoms with Crippen molar-refractivity contribution in [1.29, 1.82) is 0 Å². The molecule has 1 aliphatic rings. The number of hydrogen-bond donors (Lipinski definition) is 4. The molecule has 8 heteroatoms. The van der Waals surface area contributed by atoms with Crippen LogP contribution in [-0.2, 0) is 14.3 Å². The summed E-state index contributed by atoms with van der Waals surface area (Å²) in [5.74, 6) is -1.26. The monoisotopic (exact) mass is 301 g/mol. The summed E-state index contributed by atoms with van der Waals surface area (Å²) in [6, 6.07) is -0.485. The summed E-state index contributed by atoms with van der Waals surface area (Å²) in [5.41, 5.74) is -0.348. The van der Waals surface area contributed by atoms with Gasteiger partial charge in [0.25, 0.3) is 0 Å². The third-order valence-electron chi connectivity index (χ3n) is 2.80. The van der Waals surface area contributed by atoms with Crippen LogP contribution in [-0.4, -0.2) is 53.9 Å². The molecule has 0 saturated carbocycles. The van der Waals surface area contributed by atoms with E-state index in [4.69, 9.17) is 9.84 Å². The molecule has 0 aliphatic carbocycles. The van der Waals surface area contributed by atoms with Gasteiger partial charge in [0.1, 0.15) is 0 Å². The van der Waals surface area contributed by atoms with E-state index in [9.17, 15) is 14.4 Å². The first-order chi connectivity index (χ1) is 9.67. The van der Waals surface area contributed by atoms with Gasteiger partial charge in [0.2, 0.25) is 5.91 Å². The lowest BCUT2D eigenvalue weighted by Crippen LogP contribution is -2.48. The lowest BCUT2D eigenvalue weighted by Gasteiger charge is -2.20. The van der Waals surface area contributed by atoms with Gasteiger partial charge in [0.05, 0.1) is 12.6 Å². The highest BCUT2D eigenvalue weighted by Crippen LogP contribution is 2.18. The molecule has 1 saturated heterocycles. The summed E-state index contributed by atoms with van der Waals surface area (Å²) in [6.45, 7) is 5.65. The Balaban J connectivity index is 2.18. The minimum absolute atomic E-state index is 0.119. The van der Waals surface area contributed by atoms with E-state index in [1.54, 1.807) is 0 Å². The standard InChI is InChI=1S/C13H23N3O5/c1-13(2,3)16-10(17)7-15-12(20)14-6-8-4-5-9(21-8)11(18)19/h8-9H,4-7H2,1-3H3,(H,16,17)(H,18,19)(H2,14,15,20). The number of amides is 3. The van der Waals surface area contributed by atoms with Gasteiger partial charge in [0, 0.05) is 12.1 Å². The first kappa shape index (κ1) is 17.2. The number of rotatable bonds is 5. The average Bonchev–Trinajstić information content (AvgIpc) is 2.80. The van der Waals surface area contributed by atoms with Crippen molar-refractivity contribution >= 4 is 17.9 Å². The summed E-state index contributed by atoms with van der Waals surface area (Å²) in [5, 5.41) is 16.5. The van der Waals surface area contributed by atoms with Crippen LogP contribution < -0.4 is 16.0 Å². The molecule has 3 amide bonds. The molecule has 0 bridgehead atoms. The predicted molar refractivity (Wildman–Crippen MR) is 74.8 cm³/mol. The smallest absolute Gasteiger partial charge is 0.332 e. The quantitative estimate of drug-likeness (QED) is 0.562. The Morgan fingerprint density at radius 2 is 1.86 bits per heavy atom. The van der Waals surface area contributed by atoms with Gasteiger partial charge < -0.3 is 25.8 Å². The zero-order valence-electron chi connectivity index (χ0n) is 12.6. The van der Waals surface area contributed by atoms with E-state index in [0.717, 1.165) is 0 Å². The van der Waals surface area contributed by atoms with Crippen LogP contribution in [0.15, 0.2) is 0 Å².